The fourth-order valence-corrected chi connectivity index (χ4v) is 8.71. The lowest BCUT2D eigenvalue weighted by Crippen LogP contribution is -2.17. The summed E-state index contributed by atoms with van der Waals surface area (Å²) in [5, 5.41) is 4.75. The number of anilines is 3. The molecule has 2 aliphatic carbocycles. The minimum Gasteiger partial charge on any atom is -0.454 e. The van der Waals surface area contributed by atoms with Crippen LogP contribution in [0.25, 0.3) is 55.0 Å². The summed E-state index contributed by atoms with van der Waals surface area (Å²) in [6.07, 6.45) is 0. The van der Waals surface area contributed by atoms with Crippen LogP contribution in [0.3, 0.4) is 0 Å². The van der Waals surface area contributed by atoms with Gasteiger partial charge >= 0.3 is 0 Å². The number of benzene rings is 7. The van der Waals surface area contributed by atoms with Gasteiger partial charge in [-0.05, 0) is 116 Å². The minimum absolute atomic E-state index is 0.0246. The second kappa shape index (κ2) is 9.49. The maximum Gasteiger partial charge on any atom is 0.159 e. The molecule has 48 heavy (non-hydrogen) atoms. The molecule has 10 rings (SSSR count). The monoisotopic (exact) mass is 617 g/mol. The molecule has 1 aromatic heterocycles. The van der Waals surface area contributed by atoms with Crippen LogP contribution in [0.4, 0.5) is 17.1 Å². The van der Waals surface area contributed by atoms with Crippen molar-refractivity contribution in [3.8, 4) is 22.3 Å². The van der Waals surface area contributed by atoms with Crippen molar-refractivity contribution in [2.75, 3.05) is 4.90 Å². The van der Waals surface area contributed by atoms with E-state index in [1.807, 2.05) is 6.07 Å². The van der Waals surface area contributed by atoms with Gasteiger partial charge in [0, 0.05) is 33.0 Å². The highest BCUT2D eigenvalue weighted by atomic mass is 16.3. The number of fused-ring (bicyclic) bond motifs is 10. The van der Waals surface area contributed by atoms with Crippen LogP contribution >= 0.6 is 0 Å². The Morgan fingerprint density at radius 1 is 0.438 bits per heavy atom. The normalized spacial score (nSPS) is 15.0. The SMILES string of the molecule is CC1(C)c2ccccc2-c2cc3c(cc21)-c1cc2ccc(N(c4ccccc4)c4cccc5c4oc4ccccc45)cc2cc1C3(C)C. The van der Waals surface area contributed by atoms with Gasteiger partial charge in [0.25, 0.3) is 0 Å². The molecule has 0 saturated carbocycles. The summed E-state index contributed by atoms with van der Waals surface area (Å²) >= 11 is 0. The van der Waals surface area contributed by atoms with E-state index in [-0.39, 0.29) is 10.8 Å². The van der Waals surface area contributed by atoms with Gasteiger partial charge in [0.05, 0.1) is 5.69 Å². The molecule has 0 spiro atoms. The lowest BCUT2D eigenvalue weighted by molar-refractivity contribution is 0.652. The summed E-state index contributed by atoms with van der Waals surface area (Å²) in [5.74, 6) is 0. The second-order valence-corrected chi connectivity index (χ2v) is 14.6. The van der Waals surface area contributed by atoms with Crippen LogP contribution in [0, 0.1) is 0 Å². The summed E-state index contributed by atoms with van der Waals surface area (Å²) in [6, 6.07) is 51.1. The zero-order valence-electron chi connectivity index (χ0n) is 27.6. The Kier molecular flexibility index (Phi) is 5.44. The lowest BCUT2D eigenvalue weighted by atomic mass is 9.79. The Morgan fingerprint density at radius 3 is 1.92 bits per heavy atom. The maximum absolute atomic E-state index is 6.55. The third kappa shape index (κ3) is 3.63. The van der Waals surface area contributed by atoms with E-state index in [4.69, 9.17) is 4.42 Å². The van der Waals surface area contributed by atoms with Gasteiger partial charge in [-0.15, -0.1) is 0 Å². The number of furan rings is 1. The Bertz CT molecular complexity index is 2620. The molecule has 1 heterocycles. The van der Waals surface area contributed by atoms with Crippen molar-refractivity contribution >= 4 is 49.8 Å². The van der Waals surface area contributed by atoms with Crippen molar-refractivity contribution in [3.05, 3.63) is 162 Å². The molecule has 2 heteroatoms. The first-order valence-electron chi connectivity index (χ1n) is 16.9. The van der Waals surface area contributed by atoms with E-state index in [1.54, 1.807) is 0 Å². The van der Waals surface area contributed by atoms with Gasteiger partial charge < -0.3 is 9.32 Å². The summed E-state index contributed by atoms with van der Waals surface area (Å²) in [4.78, 5) is 2.33. The molecule has 0 radical (unpaired) electrons. The third-order valence-corrected chi connectivity index (χ3v) is 11.2. The van der Waals surface area contributed by atoms with Crippen molar-refractivity contribution < 1.29 is 4.42 Å². The molecule has 0 saturated heterocycles. The molecule has 230 valence electrons. The second-order valence-electron chi connectivity index (χ2n) is 14.6. The molecular formula is C46H35NO. The van der Waals surface area contributed by atoms with Crippen molar-refractivity contribution in [1.82, 2.24) is 0 Å². The first kappa shape index (κ1) is 27.5. The molecule has 0 unspecified atom stereocenters. The molecule has 7 aromatic carbocycles. The van der Waals surface area contributed by atoms with Crippen LogP contribution in [-0.2, 0) is 10.8 Å². The molecule has 8 aromatic rings. The largest absolute Gasteiger partial charge is 0.454 e. The van der Waals surface area contributed by atoms with E-state index in [0.717, 1.165) is 39.0 Å². The molecule has 0 aliphatic heterocycles. The van der Waals surface area contributed by atoms with Crippen LogP contribution in [0.15, 0.2) is 144 Å². The summed E-state index contributed by atoms with van der Waals surface area (Å²) in [5.41, 5.74) is 16.0. The first-order valence-corrected chi connectivity index (χ1v) is 16.9. The van der Waals surface area contributed by atoms with Gasteiger partial charge in [-0.25, -0.2) is 0 Å². The highest BCUT2D eigenvalue weighted by molar-refractivity contribution is 6.10. The van der Waals surface area contributed by atoms with E-state index < -0.39 is 0 Å². The molecule has 0 amide bonds. The molecule has 0 N–H and O–H groups in total. The van der Waals surface area contributed by atoms with Crippen molar-refractivity contribution in [2.24, 2.45) is 0 Å². The maximum atomic E-state index is 6.55. The van der Waals surface area contributed by atoms with Crippen molar-refractivity contribution in [3.63, 3.8) is 0 Å². The quantitative estimate of drug-likeness (QED) is 0.196. The third-order valence-electron chi connectivity index (χ3n) is 11.2. The minimum atomic E-state index is -0.120. The van der Waals surface area contributed by atoms with E-state index >= 15 is 0 Å². The van der Waals surface area contributed by atoms with E-state index in [0.29, 0.717) is 0 Å². The molecule has 2 aliphatic rings. The zero-order chi connectivity index (χ0) is 32.4. The van der Waals surface area contributed by atoms with Gasteiger partial charge in [0.15, 0.2) is 5.58 Å². The molecule has 0 bridgehead atoms. The van der Waals surface area contributed by atoms with E-state index in [9.17, 15) is 0 Å². The number of nitrogens with zero attached hydrogens (tertiary/aromatic N) is 1. The van der Waals surface area contributed by atoms with Gasteiger partial charge in [-0.1, -0.05) is 107 Å². The number of hydrogen-bond acceptors (Lipinski definition) is 2. The van der Waals surface area contributed by atoms with E-state index in [1.165, 1.54) is 55.3 Å². The van der Waals surface area contributed by atoms with Gasteiger partial charge in [0.2, 0.25) is 0 Å². The fourth-order valence-electron chi connectivity index (χ4n) is 8.71. The predicted molar refractivity (Wildman–Crippen MR) is 201 cm³/mol. The highest BCUT2D eigenvalue weighted by Gasteiger charge is 2.41. The van der Waals surface area contributed by atoms with Crippen molar-refractivity contribution in [2.45, 2.75) is 38.5 Å². The summed E-state index contributed by atoms with van der Waals surface area (Å²) in [7, 11) is 0. The first-order chi connectivity index (χ1) is 23.3. The molecule has 0 fully saturated rings. The average molecular weight is 618 g/mol. The summed E-state index contributed by atoms with van der Waals surface area (Å²) in [6.45, 7) is 9.53. The highest BCUT2D eigenvalue weighted by Crippen LogP contribution is 2.56. The Balaban J connectivity index is 1.15. The summed E-state index contributed by atoms with van der Waals surface area (Å²) < 4.78 is 6.55. The Labute approximate surface area is 280 Å². The lowest BCUT2D eigenvalue weighted by Gasteiger charge is -2.26. The fraction of sp³-hybridized carbons (Fsp3) is 0.130. The number of hydrogen-bond donors (Lipinski definition) is 0. The Hall–Kier alpha value is -5.60. The predicted octanol–water partition coefficient (Wildman–Crippen LogP) is 12.8. The topological polar surface area (TPSA) is 16.4 Å². The standard InChI is InChI=1S/C46H35NO/c1-45(2)38-18-10-8-15-32(38)36-26-41-37(27-40(36)45)35-24-28-21-22-31(23-29(28)25-39(35)46(41,3)4)47(30-13-6-5-7-14-30)42-19-12-17-34-33-16-9-11-20-43(33)48-44(34)42/h5-27H,1-4H3. The van der Waals surface area contributed by atoms with Gasteiger partial charge in [-0.3, -0.25) is 0 Å². The molecular weight excluding hydrogens is 583 g/mol. The van der Waals surface area contributed by atoms with Crippen LogP contribution in [0.1, 0.15) is 49.9 Å². The van der Waals surface area contributed by atoms with Gasteiger partial charge in [0.1, 0.15) is 5.58 Å². The zero-order valence-corrected chi connectivity index (χ0v) is 27.6. The number of rotatable bonds is 3. The van der Waals surface area contributed by atoms with E-state index in [2.05, 4.69) is 166 Å². The molecule has 2 nitrogen and oxygen atoms in total. The Morgan fingerprint density at radius 2 is 1.08 bits per heavy atom. The van der Waals surface area contributed by atoms with Crippen molar-refractivity contribution in [1.29, 1.82) is 0 Å². The van der Waals surface area contributed by atoms with Crippen LogP contribution < -0.4 is 4.90 Å². The van der Waals surface area contributed by atoms with Crippen LogP contribution in [-0.4, -0.2) is 0 Å². The van der Waals surface area contributed by atoms with Crippen LogP contribution in [0.5, 0.6) is 0 Å². The van der Waals surface area contributed by atoms with Crippen LogP contribution in [0.2, 0.25) is 0 Å². The number of para-hydroxylation sites is 3. The smallest absolute Gasteiger partial charge is 0.159 e. The van der Waals surface area contributed by atoms with Gasteiger partial charge in [-0.2, -0.15) is 0 Å². The molecule has 0 atom stereocenters. The average Bonchev–Trinajstić information content (AvgIpc) is 3.67.